The molecular weight excluding hydrogens is 174 g/mol. The minimum absolute atomic E-state index is 0.804. The van der Waals surface area contributed by atoms with Gasteiger partial charge in [-0.15, -0.1) is 0 Å². The van der Waals surface area contributed by atoms with Crippen molar-refractivity contribution in [1.82, 2.24) is 4.72 Å². The van der Waals surface area contributed by atoms with Gasteiger partial charge in [-0.25, -0.2) is 0 Å². The second-order valence-corrected chi connectivity index (χ2v) is 3.57. The zero-order chi connectivity index (χ0) is 8.10. The third-order valence-corrected chi connectivity index (χ3v) is 2.20. The normalized spacial score (nSPS) is 9.18. The van der Waals surface area contributed by atoms with Crippen LogP contribution in [0.25, 0.3) is 0 Å². The molecule has 0 saturated carbocycles. The number of hydrogen-bond donors (Lipinski definition) is 1. The van der Waals surface area contributed by atoms with Gasteiger partial charge < -0.3 is 4.72 Å². The first-order chi connectivity index (χ1) is 5.29. The Morgan fingerprint density at radius 1 is 1.36 bits per heavy atom. The quantitative estimate of drug-likeness (QED) is 0.559. The molecule has 0 radical (unpaired) electrons. The van der Waals surface area contributed by atoms with Gasteiger partial charge in [0, 0.05) is 4.90 Å². The van der Waals surface area contributed by atoms with Crippen LogP contribution in [0.5, 0.6) is 0 Å². The van der Waals surface area contributed by atoms with Gasteiger partial charge in [-0.2, -0.15) is 0 Å². The molecule has 3 heteroatoms. The summed E-state index contributed by atoms with van der Waals surface area (Å²) in [4.78, 5) is 1.98. The summed E-state index contributed by atoms with van der Waals surface area (Å²) in [6, 6.07) is 10.1. The van der Waals surface area contributed by atoms with Crippen LogP contribution >= 0.6 is 24.2 Å². The van der Waals surface area contributed by atoms with Crippen molar-refractivity contribution in [2.45, 2.75) is 11.8 Å². The first kappa shape index (κ1) is 8.56. The van der Waals surface area contributed by atoms with Gasteiger partial charge in [0.1, 0.15) is 0 Å². The van der Waals surface area contributed by atoms with Crippen LogP contribution in [0.2, 0.25) is 0 Å². The van der Waals surface area contributed by atoms with Gasteiger partial charge in [0.05, 0.1) is 4.99 Å². The molecule has 0 bridgehead atoms. The highest BCUT2D eigenvalue weighted by atomic mass is 32.2. The molecule has 0 aliphatic heterocycles. The molecule has 0 aliphatic carbocycles. The van der Waals surface area contributed by atoms with E-state index in [2.05, 4.69) is 4.72 Å². The predicted octanol–water partition coefficient (Wildman–Crippen LogP) is 2.63. The Morgan fingerprint density at radius 3 is 2.55 bits per heavy atom. The lowest BCUT2D eigenvalue weighted by atomic mass is 10.4. The van der Waals surface area contributed by atoms with E-state index in [1.165, 1.54) is 16.8 Å². The number of hydrogen-bond acceptors (Lipinski definition) is 2. The Hall–Kier alpha value is -0.540. The first-order valence-corrected chi connectivity index (χ1v) is 4.50. The van der Waals surface area contributed by atoms with Crippen LogP contribution in [0.3, 0.4) is 0 Å². The van der Waals surface area contributed by atoms with E-state index in [4.69, 9.17) is 12.2 Å². The first-order valence-electron chi connectivity index (χ1n) is 3.27. The molecule has 0 unspecified atom stereocenters. The minimum Gasteiger partial charge on any atom is -0.320 e. The van der Waals surface area contributed by atoms with E-state index >= 15 is 0 Å². The summed E-state index contributed by atoms with van der Waals surface area (Å²) in [6.07, 6.45) is 0. The Bertz CT molecular complexity index is 233. The summed E-state index contributed by atoms with van der Waals surface area (Å²) in [6.45, 7) is 1.87. The molecule has 0 atom stereocenters. The monoisotopic (exact) mass is 183 g/mol. The Balaban J connectivity index is 2.45. The second kappa shape index (κ2) is 4.36. The highest BCUT2D eigenvalue weighted by Gasteiger charge is 1.90. The number of benzene rings is 1. The van der Waals surface area contributed by atoms with Crippen LogP contribution in [0.4, 0.5) is 0 Å². The summed E-state index contributed by atoms with van der Waals surface area (Å²) < 4.78 is 3.01. The van der Waals surface area contributed by atoms with E-state index in [1.54, 1.807) is 0 Å². The van der Waals surface area contributed by atoms with E-state index in [9.17, 15) is 0 Å². The van der Waals surface area contributed by atoms with Crippen molar-refractivity contribution in [3.8, 4) is 0 Å². The van der Waals surface area contributed by atoms with Gasteiger partial charge in [-0.05, 0) is 31.0 Å². The van der Waals surface area contributed by atoms with Crippen molar-refractivity contribution in [2.24, 2.45) is 0 Å². The molecule has 0 fully saturated rings. The number of thiocarbonyl (C=S) groups is 1. The Labute approximate surface area is 76.3 Å². The third-order valence-electron chi connectivity index (χ3n) is 1.06. The topological polar surface area (TPSA) is 12.0 Å². The Kier molecular flexibility index (Phi) is 3.39. The van der Waals surface area contributed by atoms with Gasteiger partial charge in [-0.1, -0.05) is 30.4 Å². The molecule has 1 nitrogen and oxygen atoms in total. The molecule has 58 valence electrons. The largest absolute Gasteiger partial charge is 0.320 e. The van der Waals surface area contributed by atoms with Crippen molar-refractivity contribution >= 4 is 29.2 Å². The van der Waals surface area contributed by atoms with Gasteiger partial charge in [0.2, 0.25) is 0 Å². The van der Waals surface area contributed by atoms with Crippen LogP contribution in [0, 0.1) is 0 Å². The predicted molar refractivity (Wildman–Crippen MR) is 53.7 cm³/mol. The Morgan fingerprint density at radius 2 is 2.00 bits per heavy atom. The standard InChI is InChI=1S/C8H9NS2/c1-7(10)9-11-8-5-3-2-4-6-8/h2-6H,1H3,(H,9,10). The van der Waals surface area contributed by atoms with Crippen molar-refractivity contribution in [3.05, 3.63) is 30.3 Å². The smallest absolute Gasteiger partial charge is 0.0823 e. The lowest BCUT2D eigenvalue weighted by Gasteiger charge is -2.00. The lowest BCUT2D eigenvalue weighted by molar-refractivity contribution is 1.42. The van der Waals surface area contributed by atoms with E-state index in [1.807, 2.05) is 37.3 Å². The van der Waals surface area contributed by atoms with E-state index < -0.39 is 0 Å². The highest BCUT2D eigenvalue weighted by Crippen LogP contribution is 2.12. The fraction of sp³-hybridized carbons (Fsp3) is 0.125. The van der Waals surface area contributed by atoms with Crippen molar-refractivity contribution in [3.63, 3.8) is 0 Å². The van der Waals surface area contributed by atoms with Gasteiger partial charge in [0.15, 0.2) is 0 Å². The van der Waals surface area contributed by atoms with Crippen LogP contribution in [0.15, 0.2) is 35.2 Å². The fourth-order valence-electron chi connectivity index (χ4n) is 0.619. The number of nitrogens with one attached hydrogen (secondary N) is 1. The summed E-state index contributed by atoms with van der Waals surface area (Å²) in [5.74, 6) is 0. The van der Waals surface area contributed by atoms with Crippen molar-refractivity contribution in [2.75, 3.05) is 0 Å². The zero-order valence-corrected chi connectivity index (χ0v) is 7.84. The fourth-order valence-corrected chi connectivity index (χ4v) is 1.30. The summed E-state index contributed by atoms with van der Waals surface area (Å²) in [7, 11) is 0. The van der Waals surface area contributed by atoms with Crippen LogP contribution < -0.4 is 4.72 Å². The molecule has 0 heterocycles. The van der Waals surface area contributed by atoms with Crippen molar-refractivity contribution < 1.29 is 0 Å². The molecule has 0 aliphatic rings. The molecule has 1 rings (SSSR count). The maximum Gasteiger partial charge on any atom is 0.0823 e. The van der Waals surface area contributed by atoms with Gasteiger partial charge >= 0.3 is 0 Å². The van der Waals surface area contributed by atoms with Crippen LogP contribution in [0.1, 0.15) is 6.92 Å². The van der Waals surface area contributed by atoms with Gasteiger partial charge in [-0.3, -0.25) is 0 Å². The molecule has 11 heavy (non-hydrogen) atoms. The third kappa shape index (κ3) is 3.39. The second-order valence-electron chi connectivity index (χ2n) is 2.07. The maximum absolute atomic E-state index is 4.86. The van der Waals surface area contributed by atoms with E-state index in [-0.39, 0.29) is 0 Å². The van der Waals surface area contributed by atoms with Crippen LogP contribution in [-0.2, 0) is 0 Å². The summed E-state index contributed by atoms with van der Waals surface area (Å²) in [5.41, 5.74) is 0. The molecule has 1 aromatic rings. The zero-order valence-electron chi connectivity index (χ0n) is 6.20. The summed E-state index contributed by atoms with van der Waals surface area (Å²) in [5, 5.41) is 0. The molecule has 0 amide bonds. The lowest BCUT2D eigenvalue weighted by Crippen LogP contribution is -2.06. The van der Waals surface area contributed by atoms with Crippen molar-refractivity contribution in [1.29, 1.82) is 0 Å². The van der Waals surface area contributed by atoms with E-state index in [0.717, 1.165) is 4.99 Å². The average Bonchev–Trinajstić information content (AvgIpc) is 2.03. The maximum atomic E-state index is 4.86. The molecule has 1 N–H and O–H groups in total. The van der Waals surface area contributed by atoms with Crippen LogP contribution in [-0.4, -0.2) is 4.99 Å². The van der Waals surface area contributed by atoms with Gasteiger partial charge in [0.25, 0.3) is 0 Å². The summed E-state index contributed by atoms with van der Waals surface area (Å²) >= 11 is 6.40. The molecule has 0 spiro atoms. The minimum atomic E-state index is 0.804. The molecule has 0 aromatic heterocycles. The highest BCUT2D eigenvalue weighted by molar-refractivity contribution is 7.99. The molecule has 1 aromatic carbocycles. The van der Waals surface area contributed by atoms with E-state index in [0.29, 0.717) is 0 Å². The molecular formula is C8H9NS2. The average molecular weight is 183 g/mol. The molecule has 0 saturated heterocycles. The number of rotatable bonds is 2. The SMILES string of the molecule is CC(=S)NSc1ccccc1.